The number of aliphatic hydroxyl groups excluding tert-OH is 1. The van der Waals surface area contributed by atoms with Gasteiger partial charge in [-0.3, -0.25) is 13.9 Å². The minimum atomic E-state index is -4.38. The van der Waals surface area contributed by atoms with Crippen LogP contribution in [0.1, 0.15) is 49.7 Å². The van der Waals surface area contributed by atoms with Crippen LogP contribution >= 0.6 is 7.75 Å². The number of aromatic nitrogens is 4. The van der Waals surface area contributed by atoms with E-state index in [-0.39, 0.29) is 41.7 Å². The van der Waals surface area contributed by atoms with Gasteiger partial charge < -0.3 is 29.9 Å². The van der Waals surface area contributed by atoms with E-state index in [4.69, 9.17) is 24.3 Å². The van der Waals surface area contributed by atoms with E-state index in [1.165, 1.54) is 29.9 Å². The molecule has 6 rings (SSSR count). The quantitative estimate of drug-likeness (QED) is 0.0621. The third kappa shape index (κ3) is 8.69. The lowest BCUT2D eigenvalue weighted by molar-refractivity contribution is -0.148. The maximum atomic E-state index is 14.4. The Kier molecular flexibility index (Phi) is 10.9. The summed E-state index contributed by atoms with van der Waals surface area (Å²) in [6, 6.07) is 15.9. The Morgan fingerprint density at radius 2 is 1.83 bits per heavy atom. The highest BCUT2D eigenvalue weighted by Crippen LogP contribution is 2.53. The van der Waals surface area contributed by atoms with Crippen LogP contribution in [0.25, 0.3) is 11.2 Å². The molecule has 3 unspecified atom stereocenters. The average molecular weight is 775 g/mol. The molecule has 2 aromatic heterocycles. The first-order chi connectivity index (χ1) is 25.0. The molecule has 1 saturated carbocycles. The van der Waals surface area contributed by atoms with Crippen molar-refractivity contribution >= 4 is 40.9 Å². The van der Waals surface area contributed by atoms with Crippen molar-refractivity contribution in [1.82, 2.24) is 34.4 Å². The lowest BCUT2D eigenvalue weighted by Crippen LogP contribution is -2.45. The molecule has 3 heterocycles. The van der Waals surface area contributed by atoms with Crippen LogP contribution in [0, 0.1) is 0 Å². The lowest BCUT2D eigenvalue weighted by atomic mass is 9.96. The summed E-state index contributed by atoms with van der Waals surface area (Å²) in [5.74, 6) is -0.584. The highest BCUT2D eigenvalue weighted by Gasteiger charge is 2.58. The van der Waals surface area contributed by atoms with E-state index in [0.29, 0.717) is 12.8 Å². The Morgan fingerprint density at radius 3 is 2.49 bits per heavy atom. The zero-order valence-electron chi connectivity index (χ0n) is 29.6. The molecule has 286 valence electrons. The zero-order valence-corrected chi connectivity index (χ0v) is 31.3. The number of esters is 1. The Bertz CT molecular complexity index is 2110. The standard InChI is InChI=1S/C33H43N8O10PS/c1-5-21-11-9-10-12-22(21)18-48-30(43)33(15-16-33)38-52(45,51-23-13-7-6-8-14-23)49-19-25-27(42)32(2,44)29(50-25)41-20-35-26-24(36-31(34)37-28(26)41)17-40(3)39-53(4,46)47/h6-14,20,25,27,29,39,42,44H,5,15-19H2,1-4H3,(H,38,45)(H2,34,36,37)/t25?,27-,29?,32-,52?/m1/s1. The molecule has 6 N–H and O–H groups in total. The molecule has 18 nitrogen and oxygen atoms in total. The van der Waals surface area contributed by atoms with Gasteiger partial charge in [-0.1, -0.05) is 49.4 Å². The van der Waals surface area contributed by atoms with Crippen LogP contribution in [0.5, 0.6) is 5.75 Å². The van der Waals surface area contributed by atoms with Gasteiger partial charge in [0.2, 0.25) is 16.0 Å². The van der Waals surface area contributed by atoms with E-state index in [2.05, 4.69) is 24.9 Å². The summed E-state index contributed by atoms with van der Waals surface area (Å²) in [6.07, 6.45) is -0.453. The fraction of sp³-hybridized carbons (Fsp3) is 0.455. The SMILES string of the molecule is CCc1ccccc1COC(=O)C1(NP(=O)(OCC2OC(n3cnc4c(CN(C)NS(C)(=O)=O)nc(N)nc43)[C@](C)(O)[C@@H]2O)Oc2ccccc2)CC1. The van der Waals surface area contributed by atoms with Crippen LogP contribution in [0.15, 0.2) is 60.9 Å². The second kappa shape index (κ2) is 15.0. The summed E-state index contributed by atoms with van der Waals surface area (Å²) in [4.78, 5) is 28.6. The Morgan fingerprint density at radius 1 is 1.15 bits per heavy atom. The molecule has 53 heavy (non-hydrogen) atoms. The summed E-state index contributed by atoms with van der Waals surface area (Å²) in [5.41, 5.74) is 5.23. The van der Waals surface area contributed by atoms with Crippen LogP contribution in [0.3, 0.4) is 0 Å². The molecular weight excluding hydrogens is 731 g/mol. The third-order valence-corrected chi connectivity index (χ3v) is 11.2. The molecule has 0 spiro atoms. The van der Waals surface area contributed by atoms with Crippen LogP contribution in [0.4, 0.5) is 5.95 Å². The average Bonchev–Trinajstić information content (AvgIpc) is 3.69. The fourth-order valence-corrected chi connectivity index (χ4v) is 8.51. The van der Waals surface area contributed by atoms with Crippen LogP contribution in [-0.2, 0) is 53.0 Å². The molecule has 20 heteroatoms. The molecule has 5 atom stereocenters. The normalized spacial score (nSPS) is 23.6. The number of hydrogen-bond acceptors (Lipinski definition) is 15. The van der Waals surface area contributed by atoms with Crippen molar-refractivity contribution in [2.24, 2.45) is 0 Å². The maximum Gasteiger partial charge on any atom is 0.459 e. The number of fused-ring (bicyclic) bond motifs is 1. The Balaban J connectivity index is 1.20. The molecule has 1 saturated heterocycles. The first-order valence-corrected chi connectivity index (χ1v) is 20.2. The first kappa shape index (κ1) is 38.7. The third-order valence-electron chi connectivity index (χ3n) is 8.95. The number of sulfonamides is 1. The summed E-state index contributed by atoms with van der Waals surface area (Å²) in [6.45, 7) is 2.79. The van der Waals surface area contributed by atoms with Gasteiger partial charge in [0, 0.05) is 7.05 Å². The molecule has 4 aromatic rings. The molecule has 2 aliphatic rings. The number of aliphatic hydroxyl groups is 2. The van der Waals surface area contributed by atoms with Gasteiger partial charge in [-0.15, -0.1) is 4.83 Å². The van der Waals surface area contributed by atoms with Crippen LogP contribution in [-0.4, -0.2) is 92.4 Å². The van der Waals surface area contributed by atoms with Crippen molar-refractivity contribution in [1.29, 1.82) is 0 Å². The van der Waals surface area contributed by atoms with Gasteiger partial charge in [-0.2, -0.15) is 10.1 Å². The van der Waals surface area contributed by atoms with Crippen LogP contribution in [0.2, 0.25) is 0 Å². The molecule has 0 amide bonds. The van der Waals surface area contributed by atoms with Crippen molar-refractivity contribution in [2.75, 3.05) is 25.6 Å². The van der Waals surface area contributed by atoms with Gasteiger partial charge in [-0.05, 0) is 49.4 Å². The van der Waals surface area contributed by atoms with Crippen molar-refractivity contribution in [3.8, 4) is 5.75 Å². The smallest absolute Gasteiger partial charge is 0.459 e. The highest BCUT2D eigenvalue weighted by atomic mass is 32.2. The number of anilines is 1. The summed E-state index contributed by atoms with van der Waals surface area (Å²) in [5, 5.41) is 26.9. The van der Waals surface area contributed by atoms with Crippen molar-refractivity contribution in [3.63, 3.8) is 0 Å². The Hall–Kier alpha value is -4.04. The summed E-state index contributed by atoms with van der Waals surface area (Å²) >= 11 is 0. The van der Waals surface area contributed by atoms with E-state index >= 15 is 0 Å². The molecule has 0 bridgehead atoms. The molecule has 1 aliphatic heterocycles. The summed E-state index contributed by atoms with van der Waals surface area (Å²) in [7, 11) is -6.47. The molecule has 0 radical (unpaired) electrons. The number of ether oxygens (including phenoxy) is 2. The molecule has 2 aromatic carbocycles. The fourth-order valence-electron chi connectivity index (χ4n) is 6.14. The van der Waals surface area contributed by atoms with Gasteiger partial charge in [0.1, 0.15) is 41.2 Å². The number of carbonyl (C=O) groups excluding carboxylic acids is 1. The lowest BCUT2D eigenvalue weighted by Gasteiger charge is -2.27. The molecule has 1 aliphatic carbocycles. The van der Waals surface area contributed by atoms with Gasteiger partial charge >= 0.3 is 13.7 Å². The van der Waals surface area contributed by atoms with E-state index in [1.807, 2.05) is 31.2 Å². The number of imidazole rings is 1. The van der Waals surface area contributed by atoms with Crippen molar-refractivity contribution < 1.29 is 46.5 Å². The molecule has 2 fully saturated rings. The predicted octanol–water partition coefficient (Wildman–Crippen LogP) is 1.95. The second-order valence-electron chi connectivity index (χ2n) is 13.4. The monoisotopic (exact) mass is 774 g/mol. The Labute approximate surface area is 306 Å². The van der Waals surface area contributed by atoms with E-state index in [1.54, 1.807) is 30.3 Å². The maximum absolute atomic E-state index is 14.4. The highest BCUT2D eigenvalue weighted by molar-refractivity contribution is 7.88. The summed E-state index contributed by atoms with van der Waals surface area (Å²) < 4.78 is 62.7. The molecular formula is C33H43N8O10PS. The van der Waals surface area contributed by atoms with Gasteiger partial charge in [0.05, 0.1) is 31.4 Å². The van der Waals surface area contributed by atoms with E-state index in [0.717, 1.165) is 23.8 Å². The van der Waals surface area contributed by atoms with Crippen LogP contribution < -0.4 is 20.2 Å². The number of hydrazine groups is 1. The number of nitrogens with two attached hydrogens (primary N) is 1. The number of nitrogens with one attached hydrogen (secondary N) is 2. The van der Waals surface area contributed by atoms with E-state index in [9.17, 15) is 28.0 Å². The second-order valence-corrected chi connectivity index (χ2v) is 16.7. The number of hydrogen-bond donors (Lipinski definition) is 5. The number of rotatable bonds is 16. The van der Waals surface area contributed by atoms with Gasteiger partial charge in [0.25, 0.3) is 0 Å². The number of para-hydroxylation sites is 1. The minimum Gasteiger partial charge on any atom is -0.459 e. The van der Waals surface area contributed by atoms with Gasteiger partial charge in [-0.25, -0.2) is 28.0 Å². The topological polar surface area (TPSA) is 243 Å². The predicted molar refractivity (Wildman–Crippen MR) is 191 cm³/mol. The number of aryl methyl sites for hydroxylation is 1. The zero-order chi connectivity index (χ0) is 38.2. The number of nitrogen functional groups attached to an aromatic ring is 1. The van der Waals surface area contributed by atoms with Gasteiger partial charge in [0.15, 0.2) is 11.9 Å². The first-order valence-electron chi connectivity index (χ1n) is 16.8. The number of nitrogens with zero attached hydrogens (tertiary/aromatic N) is 5. The van der Waals surface area contributed by atoms with Crippen molar-refractivity contribution in [2.45, 2.75) is 75.8 Å². The number of benzene rings is 2. The minimum absolute atomic E-state index is 0.0325. The largest absolute Gasteiger partial charge is 0.459 e. The van der Waals surface area contributed by atoms with E-state index < -0.39 is 59.9 Å². The van der Waals surface area contributed by atoms with Crippen molar-refractivity contribution in [3.05, 3.63) is 77.7 Å². The number of carbonyl (C=O) groups is 1.